The van der Waals surface area contributed by atoms with Gasteiger partial charge in [0.15, 0.2) is 0 Å². The van der Waals surface area contributed by atoms with E-state index in [0.717, 1.165) is 32.0 Å². The van der Waals surface area contributed by atoms with Crippen LogP contribution in [0.4, 0.5) is 18.9 Å². The first-order chi connectivity index (χ1) is 11.7. The number of carbonyl (C=O) groups is 1. The fourth-order valence-electron chi connectivity index (χ4n) is 3.36. The molecule has 1 heterocycles. The number of nitro benzene ring substituents is 1. The van der Waals surface area contributed by atoms with Crippen molar-refractivity contribution in [1.29, 1.82) is 0 Å². The average molecular weight is 359 g/mol. The Kier molecular flexibility index (Phi) is 5.48. The highest BCUT2D eigenvalue weighted by Gasteiger charge is 2.50. The Labute approximate surface area is 143 Å². The third kappa shape index (κ3) is 4.16. The topological polar surface area (TPSA) is 66.7 Å². The zero-order valence-electron chi connectivity index (χ0n) is 13.9. The van der Waals surface area contributed by atoms with Gasteiger partial charge in [-0.25, -0.2) is 0 Å². The highest BCUT2D eigenvalue weighted by atomic mass is 19.4. The van der Waals surface area contributed by atoms with Crippen molar-refractivity contribution in [1.82, 2.24) is 9.80 Å². The van der Waals surface area contributed by atoms with E-state index in [1.54, 1.807) is 0 Å². The van der Waals surface area contributed by atoms with Crippen molar-refractivity contribution in [2.24, 2.45) is 0 Å². The highest BCUT2D eigenvalue weighted by molar-refractivity contribution is 5.41. The number of carbonyl (C=O) groups excluding carboxylic acids is 1. The zero-order chi connectivity index (χ0) is 18.8. The molecular weight excluding hydrogens is 339 g/mol. The minimum Gasteiger partial charge on any atom is -0.307 e. The number of nitro groups is 1. The Morgan fingerprint density at radius 1 is 1.28 bits per heavy atom. The molecule has 0 bridgehead atoms. The summed E-state index contributed by atoms with van der Waals surface area (Å²) < 4.78 is 39.8. The number of non-ortho nitro benzene ring substituents is 1. The molecule has 2 fully saturated rings. The molecule has 1 saturated heterocycles. The van der Waals surface area contributed by atoms with Gasteiger partial charge in [0.1, 0.15) is 6.79 Å². The van der Waals surface area contributed by atoms with Crippen LogP contribution in [0.5, 0.6) is 0 Å². The molecule has 25 heavy (non-hydrogen) atoms. The highest BCUT2D eigenvalue weighted by Crippen LogP contribution is 2.45. The molecular formula is C16H20F3N3O3. The number of hydrogen-bond donors (Lipinski definition) is 0. The van der Waals surface area contributed by atoms with Gasteiger partial charge in [-0.1, -0.05) is 6.07 Å². The van der Waals surface area contributed by atoms with Crippen LogP contribution in [0.3, 0.4) is 0 Å². The molecule has 138 valence electrons. The maximum Gasteiger partial charge on any atom is 0.416 e. The Morgan fingerprint density at radius 2 is 1.92 bits per heavy atom. The normalized spacial score (nSPS) is 20.0. The lowest BCUT2D eigenvalue weighted by atomic mass is 10.0. The zero-order valence-corrected chi connectivity index (χ0v) is 13.9. The van der Waals surface area contributed by atoms with E-state index in [1.165, 1.54) is 6.07 Å². The van der Waals surface area contributed by atoms with Crippen molar-refractivity contribution in [3.8, 4) is 0 Å². The number of alkyl halides is 3. The second-order valence-electron chi connectivity index (χ2n) is 6.48. The summed E-state index contributed by atoms with van der Waals surface area (Å²) in [6, 6.07) is 3.04. The summed E-state index contributed by atoms with van der Waals surface area (Å²) in [5.74, 6) is 0. The Morgan fingerprint density at radius 3 is 2.44 bits per heavy atom. The van der Waals surface area contributed by atoms with Crippen molar-refractivity contribution in [2.45, 2.75) is 31.1 Å². The molecule has 0 unspecified atom stereocenters. The third-order valence-electron chi connectivity index (χ3n) is 4.78. The van der Waals surface area contributed by atoms with Crippen LogP contribution < -0.4 is 0 Å². The first-order valence-corrected chi connectivity index (χ1v) is 7.78. The third-order valence-corrected chi connectivity index (χ3v) is 4.78. The van der Waals surface area contributed by atoms with Crippen molar-refractivity contribution >= 4 is 12.5 Å². The Bertz CT molecular complexity index is 647. The Hall–Kier alpha value is -2.00. The number of rotatable bonds is 3. The van der Waals surface area contributed by atoms with Gasteiger partial charge >= 0.3 is 6.18 Å². The van der Waals surface area contributed by atoms with Crippen molar-refractivity contribution in [3.63, 3.8) is 0 Å². The fraction of sp³-hybridized carbons (Fsp3) is 0.562. The minimum atomic E-state index is -4.59. The molecule has 6 nitrogen and oxygen atoms in total. The van der Waals surface area contributed by atoms with Gasteiger partial charge in [-0.05, 0) is 25.5 Å². The largest absolute Gasteiger partial charge is 0.416 e. The average Bonchev–Trinajstić information content (AvgIpc) is 3.31. The van der Waals surface area contributed by atoms with Gasteiger partial charge in [0.2, 0.25) is 0 Å². The van der Waals surface area contributed by atoms with Crippen molar-refractivity contribution in [3.05, 3.63) is 39.4 Å². The lowest BCUT2D eigenvalue weighted by Crippen LogP contribution is -2.53. The van der Waals surface area contributed by atoms with E-state index in [-0.39, 0.29) is 17.6 Å². The van der Waals surface area contributed by atoms with E-state index in [0.29, 0.717) is 12.6 Å². The molecule has 1 aliphatic carbocycles. The molecule has 1 aromatic carbocycles. The van der Waals surface area contributed by atoms with E-state index in [9.17, 15) is 23.3 Å². The van der Waals surface area contributed by atoms with E-state index in [4.69, 9.17) is 4.79 Å². The predicted molar refractivity (Wildman–Crippen MR) is 85.1 cm³/mol. The summed E-state index contributed by atoms with van der Waals surface area (Å²) in [4.78, 5) is 22.3. The quantitative estimate of drug-likeness (QED) is 0.613. The molecule has 9 heteroatoms. The molecule has 0 aromatic heterocycles. The van der Waals surface area contributed by atoms with E-state index in [2.05, 4.69) is 9.80 Å². The van der Waals surface area contributed by atoms with Gasteiger partial charge in [0.25, 0.3) is 5.69 Å². The molecule has 1 aliphatic heterocycles. The van der Waals surface area contributed by atoms with Crippen LogP contribution in [0.25, 0.3) is 0 Å². The SMILES string of the molecule is C=O.CN1CCN(Cc2ccc([N+](=O)[O-])cc2C(F)(F)F)C2(CC2)C1. The number of nitrogens with zero attached hydrogens (tertiary/aromatic N) is 3. The van der Waals surface area contributed by atoms with Gasteiger partial charge in [-0.2, -0.15) is 13.2 Å². The van der Waals surface area contributed by atoms with Crippen LogP contribution in [0.2, 0.25) is 0 Å². The summed E-state index contributed by atoms with van der Waals surface area (Å²) in [7, 11) is 2.02. The standard InChI is InChI=1S/C15H18F3N3O2.CH2O/c1-19-6-7-20(14(10-19)4-5-14)9-11-2-3-12(21(22)23)8-13(11)15(16,17)18;1-2/h2-3,8H,4-7,9-10H2,1H3;1H2. The molecule has 1 aromatic rings. The monoisotopic (exact) mass is 359 g/mol. The predicted octanol–water partition coefficient (Wildman–Crippen LogP) is 2.71. The lowest BCUT2D eigenvalue weighted by Gasteiger charge is -2.41. The van der Waals surface area contributed by atoms with E-state index in [1.807, 2.05) is 13.8 Å². The second-order valence-corrected chi connectivity index (χ2v) is 6.48. The van der Waals surface area contributed by atoms with Gasteiger partial charge in [-0.15, -0.1) is 0 Å². The summed E-state index contributed by atoms with van der Waals surface area (Å²) in [5.41, 5.74) is -1.33. The molecule has 1 spiro atoms. The molecule has 0 atom stereocenters. The van der Waals surface area contributed by atoms with Crippen LogP contribution in [0.1, 0.15) is 24.0 Å². The lowest BCUT2D eigenvalue weighted by molar-refractivity contribution is -0.385. The van der Waals surface area contributed by atoms with E-state index >= 15 is 0 Å². The smallest absolute Gasteiger partial charge is 0.307 e. The van der Waals surface area contributed by atoms with Gasteiger partial charge < -0.3 is 9.69 Å². The number of likely N-dealkylation sites (N-methyl/N-ethyl adjacent to an activating group) is 1. The number of piperazine rings is 1. The summed E-state index contributed by atoms with van der Waals surface area (Å²) in [5, 5.41) is 10.8. The van der Waals surface area contributed by atoms with Crippen molar-refractivity contribution in [2.75, 3.05) is 26.7 Å². The van der Waals surface area contributed by atoms with Crippen LogP contribution in [-0.4, -0.2) is 53.7 Å². The second kappa shape index (κ2) is 7.09. The number of hydrogen-bond acceptors (Lipinski definition) is 5. The molecule has 1 saturated carbocycles. The summed E-state index contributed by atoms with van der Waals surface area (Å²) in [6.45, 7) is 4.57. The van der Waals surface area contributed by atoms with Gasteiger partial charge in [0, 0.05) is 43.9 Å². The van der Waals surface area contributed by atoms with Crippen LogP contribution in [0.15, 0.2) is 18.2 Å². The maximum absolute atomic E-state index is 13.3. The number of benzene rings is 1. The Balaban J connectivity index is 0.00000109. The summed E-state index contributed by atoms with van der Waals surface area (Å²) in [6.07, 6.45) is -2.61. The summed E-state index contributed by atoms with van der Waals surface area (Å²) >= 11 is 0. The number of halogens is 3. The fourth-order valence-corrected chi connectivity index (χ4v) is 3.36. The first-order valence-electron chi connectivity index (χ1n) is 7.78. The molecule has 0 radical (unpaired) electrons. The maximum atomic E-state index is 13.3. The van der Waals surface area contributed by atoms with Crippen molar-refractivity contribution < 1.29 is 22.9 Å². The van der Waals surface area contributed by atoms with Crippen LogP contribution in [-0.2, 0) is 17.5 Å². The molecule has 3 rings (SSSR count). The molecule has 2 aliphatic rings. The van der Waals surface area contributed by atoms with Gasteiger partial charge in [0.05, 0.1) is 10.5 Å². The van der Waals surface area contributed by atoms with Crippen LogP contribution in [0, 0.1) is 10.1 Å². The molecule has 0 amide bonds. The first kappa shape index (κ1) is 19.3. The van der Waals surface area contributed by atoms with E-state index < -0.39 is 22.4 Å². The van der Waals surface area contributed by atoms with Crippen LogP contribution >= 0.6 is 0 Å². The van der Waals surface area contributed by atoms with Gasteiger partial charge in [-0.3, -0.25) is 15.0 Å². The minimum absolute atomic E-state index is 0.0162. The molecule has 0 N–H and O–H groups in total.